The molecule has 0 aliphatic rings. The molecule has 0 N–H and O–H groups in total. The largest absolute Gasteiger partial charge is 0.330 e. The SMILES string of the molecule is C/C=C/N(/C=C/CC)C(=O)N(C)C. The fourth-order valence-corrected chi connectivity index (χ4v) is 0.788. The van der Waals surface area contributed by atoms with Crippen molar-refractivity contribution in [3.05, 3.63) is 24.6 Å². The molecule has 0 unspecified atom stereocenters. The Morgan fingerprint density at radius 1 is 1.31 bits per heavy atom. The smallest absolute Gasteiger partial charge is 0.327 e. The third-order valence-corrected chi connectivity index (χ3v) is 1.41. The van der Waals surface area contributed by atoms with E-state index < -0.39 is 0 Å². The molecule has 3 nitrogen and oxygen atoms in total. The van der Waals surface area contributed by atoms with E-state index in [0.717, 1.165) is 6.42 Å². The molecule has 0 aliphatic heterocycles. The number of hydrogen-bond acceptors (Lipinski definition) is 1. The van der Waals surface area contributed by atoms with Crippen LogP contribution in [0, 0.1) is 0 Å². The van der Waals surface area contributed by atoms with Gasteiger partial charge in [-0.25, -0.2) is 4.79 Å². The second-order valence-electron chi connectivity index (χ2n) is 2.86. The highest BCUT2D eigenvalue weighted by molar-refractivity contribution is 5.75. The maximum Gasteiger partial charge on any atom is 0.327 e. The zero-order chi connectivity index (χ0) is 10.3. The van der Waals surface area contributed by atoms with Crippen LogP contribution in [0.15, 0.2) is 24.6 Å². The normalized spacial score (nSPS) is 11.1. The summed E-state index contributed by atoms with van der Waals surface area (Å²) in [7, 11) is 3.47. The molecule has 0 saturated carbocycles. The molecule has 0 spiro atoms. The van der Waals surface area contributed by atoms with Gasteiger partial charge in [-0.2, -0.15) is 0 Å². The van der Waals surface area contributed by atoms with E-state index in [2.05, 4.69) is 0 Å². The van der Waals surface area contributed by atoms with Gasteiger partial charge >= 0.3 is 6.03 Å². The Morgan fingerprint density at radius 2 is 1.92 bits per heavy atom. The number of hydrogen-bond donors (Lipinski definition) is 0. The number of amides is 2. The standard InChI is InChI=1S/C10H18N2O/c1-5-7-9-12(8-6-2)10(13)11(3)4/h6-9H,5H2,1-4H3/b8-6+,9-7+. The molecule has 0 fully saturated rings. The number of carbonyl (C=O) groups excluding carboxylic acids is 1. The number of nitrogens with zero attached hydrogens (tertiary/aromatic N) is 2. The lowest BCUT2D eigenvalue weighted by atomic mass is 10.4. The predicted octanol–water partition coefficient (Wildman–Crippen LogP) is 2.43. The Kier molecular flexibility index (Phi) is 5.68. The fraction of sp³-hybridized carbons (Fsp3) is 0.500. The van der Waals surface area contributed by atoms with E-state index in [1.165, 1.54) is 0 Å². The van der Waals surface area contributed by atoms with E-state index in [1.54, 1.807) is 36.3 Å². The van der Waals surface area contributed by atoms with Crippen molar-refractivity contribution in [1.29, 1.82) is 0 Å². The van der Waals surface area contributed by atoms with Gasteiger partial charge in [-0.3, -0.25) is 4.90 Å². The minimum Gasteiger partial charge on any atom is -0.330 e. The van der Waals surface area contributed by atoms with Crippen LogP contribution in [-0.2, 0) is 0 Å². The summed E-state index contributed by atoms with van der Waals surface area (Å²) in [6.07, 6.45) is 8.23. The van der Waals surface area contributed by atoms with Gasteiger partial charge in [0.1, 0.15) is 0 Å². The van der Waals surface area contributed by atoms with Crippen LogP contribution >= 0.6 is 0 Å². The van der Waals surface area contributed by atoms with Crippen molar-refractivity contribution in [2.45, 2.75) is 20.3 Å². The molecular weight excluding hydrogens is 164 g/mol. The molecule has 2 amide bonds. The van der Waals surface area contributed by atoms with Gasteiger partial charge < -0.3 is 4.90 Å². The van der Waals surface area contributed by atoms with Gasteiger partial charge in [-0.15, -0.1) is 0 Å². The van der Waals surface area contributed by atoms with Gasteiger partial charge in [-0.05, 0) is 13.3 Å². The number of urea groups is 1. The summed E-state index contributed by atoms with van der Waals surface area (Å²) in [5.74, 6) is 0. The summed E-state index contributed by atoms with van der Waals surface area (Å²) in [6, 6.07) is -0.0391. The third-order valence-electron chi connectivity index (χ3n) is 1.41. The minimum atomic E-state index is -0.0391. The van der Waals surface area contributed by atoms with Gasteiger partial charge in [0, 0.05) is 26.5 Å². The molecular formula is C10H18N2O. The fourth-order valence-electron chi connectivity index (χ4n) is 0.788. The number of carbonyl (C=O) groups is 1. The topological polar surface area (TPSA) is 23.6 Å². The van der Waals surface area contributed by atoms with Crippen LogP contribution in [0.25, 0.3) is 0 Å². The molecule has 0 heterocycles. The molecule has 0 saturated heterocycles. The predicted molar refractivity (Wildman–Crippen MR) is 55.2 cm³/mol. The molecule has 0 bridgehead atoms. The highest BCUT2D eigenvalue weighted by Gasteiger charge is 2.08. The highest BCUT2D eigenvalue weighted by atomic mass is 16.2. The number of rotatable bonds is 3. The average molecular weight is 182 g/mol. The van der Waals surface area contributed by atoms with Crippen LogP contribution < -0.4 is 0 Å². The Morgan fingerprint density at radius 3 is 2.31 bits per heavy atom. The summed E-state index contributed by atoms with van der Waals surface area (Å²) in [4.78, 5) is 14.6. The van der Waals surface area contributed by atoms with Crippen LogP contribution in [0.3, 0.4) is 0 Å². The van der Waals surface area contributed by atoms with Gasteiger partial charge in [-0.1, -0.05) is 19.1 Å². The summed E-state index contributed by atoms with van der Waals surface area (Å²) >= 11 is 0. The van der Waals surface area contributed by atoms with Crippen LogP contribution in [-0.4, -0.2) is 29.9 Å². The molecule has 0 radical (unpaired) electrons. The van der Waals surface area contributed by atoms with Crippen molar-refractivity contribution in [3.63, 3.8) is 0 Å². The van der Waals surface area contributed by atoms with E-state index in [0.29, 0.717) is 0 Å². The molecule has 0 atom stereocenters. The van der Waals surface area contributed by atoms with Crippen molar-refractivity contribution in [3.8, 4) is 0 Å². The molecule has 0 aromatic rings. The second kappa shape index (κ2) is 6.29. The van der Waals surface area contributed by atoms with Crippen LogP contribution in [0.5, 0.6) is 0 Å². The van der Waals surface area contributed by atoms with Gasteiger partial charge in [0.15, 0.2) is 0 Å². The average Bonchev–Trinajstić information content (AvgIpc) is 2.11. The Labute approximate surface area is 80.3 Å². The molecule has 0 aliphatic carbocycles. The first-order chi connectivity index (χ1) is 6.13. The van der Waals surface area contributed by atoms with Gasteiger partial charge in [0.25, 0.3) is 0 Å². The van der Waals surface area contributed by atoms with Crippen LogP contribution in [0.1, 0.15) is 20.3 Å². The Balaban J connectivity index is 4.41. The molecule has 3 heteroatoms. The zero-order valence-electron chi connectivity index (χ0n) is 8.82. The first-order valence-corrected chi connectivity index (χ1v) is 4.42. The lowest BCUT2D eigenvalue weighted by Gasteiger charge is -2.18. The molecule has 0 aromatic carbocycles. The quantitative estimate of drug-likeness (QED) is 0.657. The van der Waals surface area contributed by atoms with Crippen molar-refractivity contribution in [2.24, 2.45) is 0 Å². The maximum atomic E-state index is 11.5. The summed E-state index contributed by atoms with van der Waals surface area (Å²) in [5, 5.41) is 0. The lowest BCUT2D eigenvalue weighted by molar-refractivity contribution is 0.200. The van der Waals surface area contributed by atoms with Gasteiger partial charge in [0.05, 0.1) is 0 Å². The summed E-state index contributed by atoms with van der Waals surface area (Å²) < 4.78 is 0. The van der Waals surface area contributed by atoms with Crippen LogP contribution in [0.2, 0.25) is 0 Å². The van der Waals surface area contributed by atoms with Crippen LogP contribution in [0.4, 0.5) is 4.79 Å². The monoisotopic (exact) mass is 182 g/mol. The zero-order valence-corrected chi connectivity index (χ0v) is 8.82. The number of allylic oxidation sites excluding steroid dienone is 2. The van der Waals surface area contributed by atoms with E-state index in [4.69, 9.17) is 0 Å². The van der Waals surface area contributed by atoms with Crippen molar-refractivity contribution in [1.82, 2.24) is 9.80 Å². The second-order valence-corrected chi connectivity index (χ2v) is 2.86. The first-order valence-electron chi connectivity index (χ1n) is 4.42. The summed E-state index contributed by atoms with van der Waals surface area (Å²) in [6.45, 7) is 3.92. The molecule has 0 rings (SSSR count). The Hall–Kier alpha value is -1.25. The molecule has 13 heavy (non-hydrogen) atoms. The van der Waals surface area contributed by atoms with E-state index in [-0.39, 0.29) is 6.03 Å². The summed E-state index contributed by atoms with van der Waals surface area (Å²) in [5.41, 5.74) is 0. The lowest BCUT2D eigenvalue weighted by Crippen LogP contribution is -2.32. The molecule has 74 valence electrons. The van der Waals surface area contributed by atoms with E-state index >= 15 is 0 Å². The van der Waals surface area contributed by atoms with E-state index in [1.807, 2.05) is 26.0 Å². The van der Waals surface area contributed by atoms with Crippen molar-refractivity contribution >= 4 is 6.03 Å². The van der Waals surface area contributed by atoms with Crippen molar-refractivity contribution < 1.29 is 4.79 Å². The Bertz CT molecular complexity index is 207. The van der Waals surface area contributed by atoms with E-state index in [9.17, 15) is 4.79 Å². The van der Waals surface area contributed by atoms with Crippen molar-refractivity contribution in [2.75, 3.05) is 14.1 Å². The maximum absolute atomic E-state index is 11.5. The first kappa shape index (κ1) is 11.8. The minimum absolute atomic E-state index is 0.0391. The van der Waals surface area contributed by atoms with Gasteiger partial charge in [0.2, 0.25) is 0 Å². The molecule has 0 aromatic heterocycles. The highest BCUT2D eigenvalue weighted by Crippen LogP contribution is 1.98. The third kappa shape index (κ3) is 4.35.